The highest BCUT2D eigenvalue weighted by molar-refractivity contribution is 5.99. The van der Waals surface area contributed by atoms with Crippen LogP contribution in [0.4, 0.5) is 0 Å². The predicted molar refractivity (Wildman–Crippen MR) is 182 cm³/mol. The van der Waals surface area contributed by atoms with Crippen LogP contribution >= 0.6 is 0 Å². The van der Waals surface area contributed by atoms with Gasteiger partial charge >= 0.3 is 0 Å². The number of benzene rings is 2. The number of likely N-dealkylation sites (tertiary alicyclic amines) is 1. The lowest BCUT2D eigenvalue weighted by Crippen LogP contribution is -2.47. The van der Waals surface area contributed by atoms with E-state index in [0.29, 0.717) is 31.6 Å². The number of nitrogens with zero attached hydrogens (tertiary/aromatic N) is 2. The third-order valence-electron chi connectivity index (χ3n) is 8.60. The van der Waals surface area contributed by atoms with E-state index in [4.69, 9.17) is 4.74 Å². The number of carbonyl (C=O) groups is 5. The summed E-state index contributed by atoms with van der Waals surface area (Å²) in [6.07, 6.45) is 5.23. The summed E-state index contributed by atoms with van der Waals surface area (Å²) in [4.78, 5) is 68.6. The van der Waals surface area contributed by atoms with Crippen molar-refractivity contribution in [2.75, 3.05) is 39.8 Å². The Morgan fingerprint density at radius 2 is 1.60 bits per heavy atom. The molecule has 5 amide bonds. The van der Waals surface area contributed by atoms with Gasteiger partial charge in [-0.15, -0.1) is 0 Å². The number of amides is 5. The number of piperidine rings is 1. The molecular weight excluding hydrogens is 612 g/mol. The first-order valence-corrected chi connectivity index (χ1v) is 17.1. The van der Waals surface area contributed by atoms with Gasteiger partial charge in [0.1, 0.15) is 18.4 Å². The topological polar surface area (TPSA) is 149 Å². The molecule has 4 N–H and O–H groups in total. The molecule has 12 nitrogen and oxygen atoms in total. The van der Waals surface area contributed by atoms with Crippen molar-refractivity contribution in [2.45, 2.75) is 83.5 Å². The van der Waals surface area contributed by atoms with Crippen molar-refractivity contribution < 1.29 is 28.7 Å². The van der Waals surface area contributed by atoms with Crippen molar-refractivity contribution in [3.63, 3.8) is 0 Å². The Balaban J connectivity index is 1.45. The van der Waals surface area contributed by atoms with Gasteiger partial charge in [-0.05, 0) is 75.4 Å². The molecule has 0 aromatic heterocycles. The second-order valence-electron chi connectivity index (χ2n) is 12.8. The fourth-order valence-corrected chi connectivity index (χ4v) is 5.80. The van der Waals surface area contributed by atoms with Gasteiger partial charge in [-0.2, -0.15) is 0 Å². The summed E-state index contributed by atoms with van der Waals surface area (Å²) in [6, 6.07) is 13.5. The predicted octanol–water partition coefficient (Wildman–Crippen LogP) is 2.51. The van der Waals surface area contributed by atoms with Gasteiger partial charge < -0.3 is 30.9 Å². The van der Waals surface area contributed by atoms with Crippen LogP contribution in [0.25, 0.3) is 0 Å². The summed E-state index contributed by atoms with van der Waals surface area (Å²) >= 11 is 0. The summed E-state index contributed by atoms with van der Waals surface area (Å²) in [5, 5.41) is 11.4. The largest absolute Gasteiger partial charge is 0.491 e. The summed E-state index contributed by atoms with van der Waals surface area (Å²) in [6.45, 7) is 5.59. The zero-order valence-electron chi connectivity index (χ0n) is 28.2. The molecule has 0 unspecified atom stereocenters. The third kappa shape index (κ3) is 12.0. The van der Waals surface area contributed by atoms with E-state index in [2.05, 4.69) is 38.3 Å². The Labute approximate surface area is 283 Å². The van der Waals surface area contributed by atoms with Crippen molar-refractivity contribution in [3.8, 4) is 5.75 Å². The van der Waals surface area contributed by atoms with Crippen LogP contribution in [0, 0.1) is 0 Å². The molecule has 4 rings (SSSR count). The quantitative estimate of drug-likeness (QED) is 0.385. The van der Waals surface area contributed by atoms with E-state index in [-0.39, 0.29) is 61.9 Å². The molecule has 2 aliphatic heterocycles. The lowest BCUT2D eigenvalue weighted by molar-refractivity contribution is -0.135. The van der Waals surface area contributed by atoms with Gasteiger partial charge in [-0.1, -0.05) is 42.8 Å². The maximum Gasteiger partial charge on any atom is 0.255 e. The van der Waals surface area contributed by atoms with Gasteiger partial charge in [0, 0.05) is 39.5 Å². The van der Waals surface area contributed by atoms with Gasteiger partial charge in [0.2, 0.25) is 23.6 Å². The number of ether oxygens (including phenoxy) is 1. The zero-order valence-corrected chi connectivity index (χ0v) is 28.2. The lowest BCUT2D eigenvalue weighted by Gasteiger charge is -2.26. The van der Waals surface area contributed by atoms with E-state index in [0.717, 1.165) is 25.2 Å². The minimum atomic E-state index is -1.03. The monoisotopic (exact) mass is 662 g/mol. The molecule has 1 saturated heterocycles. The van der Waals surface area contributed by atoms with Crippen molar-refractivity contribution in [3.05, 3.63) is 65.2 Å². The highest BCUT2D eigenvalue weighted by Gasteiger charge is 2.25. The molecule has 2 aromatic rings. The Bertz CT molecular complexity index is 1390. The van der Waals surface area contributed by atoms with Gasteiger partial charge in [-0.25, -0.2) is 0 Å². The molecular formula is C36H50N6O6. The van der Waals surface area contributed by atoms with Crippen molar-refractivity contribution >= 4 is 29.5 Å². The molecule has 2 atom stereocenters. The number of hydrogen-bond acceptors (Lipinski definition) is 7. The highest BCUT2D eigenvalue weighted by atomic mass is 16.5. The van der Waals surface area contributed by atoms with Gasteiger partial charge in [0.15, 0.2) is 0 Å². The van der Waals surface area contributed by atoms with E-state index < -0.39 is 17.9 Å². The molecule has 0 aliphatic carbocycles. The van der Waals surface area contributed by atoms with E-state index in [1.165, 1.54) is 36.8 Å². The molecule has 12 heteroatoms. The molecule has 2 aromatic carbocycles. The molecule has 1 fully saturated rings. The molecule has 48 heavy (non-hydrogen) atoms. The Morgan fingerprint density at radius 3 is 2.38 bits per heavy atom. The van der Waals surface area contributed by atoms with E-state index in [9.17, 15) is 24.0 Å². The van der Waals surface area contributed by atoms with E-state index in [1.807, 2.05) is 19.1 Å². The lowest BCUT2D eigenvalue weighted by atomic mass is 10.1. The normalized spacial score (nSPS) is 21.4. The minimum Gasteiger partial charge on any atom is -0.491 e. The SMILES string of the molecule is C[C@H]1COc2ccccc2C(=O)N[C@H](C(=O)NCc2ccc(CN3CCCCC3)cc2)CCC(=O)N(C)CC(=O)NCCCCC(=O)N1. The number of fused-ring (bicyclic) bond motifs is 1. The van der Waals surface area contributed by atoms with Gasteiger partial charge in [-0.3, -0.25) is 28.9 Å². The first-order valence-electron chi connectivity index (χ1n) is 17.1. The second kappa shape index (κ2) is 18.8. The Kier molecular flexibility index (Phi) is 14.2. The van der Waals surface area contributed by atoms with Crippen LogP contribution in [-0.4, -0.2) is 91.3 Å². The van der Waals surface area contributed by atoms with Crippen molar-refractivity contribution in [1.82, 2.24) is 31.1 Å². The standard InChI is InChI=1S/C36H50N6O6/c1-26-25-48-31-11-5-4-10-29(31)35(46)40-30(17-18-34(45)41(2)24-33(44)37-19-7-6-12-32(43)39-26)36(47)38-22-27-13-15-28(16-14-27)23-42-20-8-3-9-21-42/h4-5,10-11,13-16,26,30H,3,6-9,12,17-25H2,1-2H3,(H,37,44)(H,38,47)(H,39,43)(H,40,46)/t26-,30-/m0/s1. The second-order valence-corrected chi connectivity index (χ2v) is 12.8. The number of carbonyl (C=O) groups excluding carboxylic acids is 5. The molecule has 0 spiro atoms. The van der Waals surface area contributed by atoms with Gasteiger partial charge in [0.25, 0.3) is 5.91 Å². The summed E-state index contributed by atoms with van der Waals surface area (Å²) in [7, 11) is 1.53. The van der Waals surface area contributed by atoms with E-state index in [1.54, 1.807) is 24.3 Å². The Morgan fingerprint density at radius 1 is 0.875 bits per heavy atom. The highest BCUT2D eigenvalue weighted by Crippen LogP contribution is 2.19. The van der Waals surface area contributed by atoms with Crippen molar-refractivity contribution in [2.24, 2.45) is 0 Å². The Hall–Kier alpha value is -4.45. The average Bonchev–Trinajstić information content (AvgIpc) is 3.08. The zero-order chi connectivity index (χ0) is 34.3. The first-order chi connectivity index (χ1) is 23.2. The minimum absolute atomic E-state index is 0.0310. The van der Waals surface area contributed by atoms with Crippen molar-refractivity contribution in [1.29, 1.82) is 0 Å². The number of rotatable bonds is 5. The van der Waals surface area contributed by atoms with Crippen LogP contribution in [0.15, 0.2) is 48.5 Å². The summed E-state index contributed by atoms with van der Waals surface area (Å²) in [5.74, 6) is -1.43. The summed E-state index contributed by atoms with van der Waals surface area (Å²) < 4.78 is 5.93. The van der Waals surface area contributed by atoms with Crippen LogP contribution in [0.1, 0.15) is 79.8 Å². The third-order valence-corrected chi connectivity index (χ3v) is 8.60. The smallest absolute Gasteiger partial charge is 0.255 e. The number of nitrogens with one attached hydrogen (secondary N) is 4. The van der Waals surface area contributed by atoms with Crippen LogP contribution < -0.4 is 26.0 Å². The number of likely N-dealkylation sites (N-methyl/N-ethyl adjacent to an activating group) is 1. The van der Waals surface area contributed by atoms with Gasteiger partial charge in [0.05, 0.1) is 18.2 Å². The number of para-hydroxylation sites is 1. The number of hydrogen-bond donors (Lipinski definition) is 4. The maximum atomic E-state index is 13.5. The summed E-state index contributed by atoms with van der Waals surface area (Å²) in [5.41, 5.74) is 2.37. The molecule has 0 radical (unpaired) electrons. The van der Waals surface area contributed by atoms with Crippen LogP contribution in [0.3, 0.4) is 0 Å². The fraction of sp³-hybridized carbons (Fsp3) is 0.528. The molecule has 0 bridgehead atoms. The molecule has 2 aliphatic rings. The van der Waals surface area contributed by atoms with Crippen LogP contribution in [-0.2, 0) is 32.3 Å². The fourth-order valence-electron chi connectivity index (χ4n) is 5.80. The molecule has 2 heterocycles. The molecule has 0 saturated carbocycles. The van der Waals surface area contributed by atoms with Crippen LogP contribution in [0.2, 0.25) is 0 Å². The molecule has 260 valence electrons. The van der Waals surface area contributed by atoms with E-state index >= 15 is 0 Å². The first kappa shape index (κ1) is 36.4. The maximum absolute atomic E-state index is 13.5. The van der Waals surface area contributed by atoms with Crippen LogP contribution in [0.5, 0.6) is 5.75 Å². The average molecular weight is 663 g/mol.